The van der Waals surface area contributed by atoms with Crippen molar-refractivity contribution in [2.45, 2.75) is 6.92 Å². The molecule has 10 heavy (non-hydrogen) atoms. The predicted octanol–water partition coefficient (Wildman–Crippen LogP) is 1.39. The molecule has 0 saturated carbocycles. The topological polar surface area (TPSA) is 34.1 Å². The number of thiophene rings is 1. The minimum atomic E-state index is 0.683. The van der Waals surface area contributed by atoms with Crippen molar-refractivity contribution < 1.29 is 26.6 Å². The van der Waals surface area contributed by atoms with Crippen molar-refractivity contribution in [2.75, 3.05) is 0 Å². The Morgan fingerprint density at radius 2 is 2.10 bits per heavy atom. The molecule has 0 amide bonds. The van der Waals surface area contributed by atoms with Gasteiger partial charge in [-0.05, 0) is 11.8 Å². The Balaban J connectivity index is 0.000000371. The van der Waals surface area contributed by atoms with Crippen molar-refractivity contribution in [3.8, 4) is 0 Å². The molecule has 0 aromatic carbocycles. The van der Waals surface area contributed by atoms with E-state index in [1.807, 2.05) is 19.3 Å². The van der Waals surface area contributed by atoms with E-state index in [0.717, 1.165) is 4.88 Å². The zero-order valence-electron chi connectivity index (χ0n) is 5.21. The SMILES string of the molecule is Cc1ccc([C-]=O)s1.[O]=[Rh]. The molecule has 0 unspecified atom stereocenters. The number of carbonyl (C=O) groups excluding carboxylic acids is 1. The summed E-state index contributed by atoms with van der Waals surface area (Å²) in [7, 11) is 0. The molecule has 4 heteroatoms. The van der Waals surface area contributed by atoms with Gasteiger partial charge in [0, 0.05) is 6.29 Å². The van der Waals surface area contributed by atoms with Crippen LogP contribution in [0, 0.1) is 6.92 Å². The minimum absolute atomic E-state index is 0.683. The molecule has 1 rings (SSSR count). The fourth-order valence-corrected chi connectivity index (χ4v) is 1.15. The van der Waals surface area contributed by atoms with Gasteiger partial charge in [-0.15, -0.1) is 10.9 Å². The summed E-state index contributed by atoms with van der Waals surface area (Å²) < 4.78 is 8.14. The van der Waals surface area contributed by atoms with Gasteiger partial charge in [0.25, 0.3) is 0 Å². The molecule has 1 heterocycles. The van der Waals surface area contributed by atoms with E-state index in [0.29, 0.717) is 4.88 Å². The molecular weight excluding hydrogens is 239 g/mol. The maximum atomic E-state index is 9.91. The van der Waals surface area contributed by atoms with Crippen molar-refractivity contribution >= 4 is 17.6 Å². The van der Waals surface area contributed by atoms with E-state index >= 15 is 0 Å². The van der Waals surface area contributed by atoms with Crippen LogP contribution in [0.15, 0.2) is 12.1 Å². The maximum absolute atomic E-state index is 9.91. The number of hydrogen-bond acceptors (Lipinski definition) is 3. The summed E-state index contributed by atoms with van der Waals surface area (Å²) >= 11 is 2.76. The first kappa shape index (κ1) is 9.79. The first-order valence-corrected chi connectivity index (χ1v) is 3.89. The van der Waals surface area contributed by atoms with Gasteiger partial charge in [0.1, 0.15) is 0 Å². The summed E-state index contributed by atoms with van der Waals surface area (Å²) in [4.78, 5) is 11.7. The van der Waals surface area contributed by atoms with E-state index in [4.69, 9.17) is 3.57 Å². The summed E-state index contributed by atoms with van der Waals surface area (Å²) in [5, 5.41) is 0. The molecule has 0 fully saturated rings. The van der Waals surface area contributed by atoms with Gasteiger partial charge < -0.3 is 4.79 Å². The van der Waals surface area contributed by atoms with E-state index in [9.17, 15) is 4.79 Å². The van der Waals surface area contributed by atoms with Gasteiger partial charge in [-0.3, -0.25) is 0 Å². The molecule has 0 atom stereocenters. The van der Waals surface area contributed by atoms with Gasteiger partial charge in [-0.25, -0.2) is 0 Å². The molecular formula is C6H5O2RhS-. The monoisotopic (exact) mass is 244 g/mol. The molecule has 0 aliphatic heterocycles. The Morgan fingerprint density at radius 1 is 1.50 bits per heavy atom. The van der Waals surface area contributed by atoms with Crippen molar-refractivity contribution in [2.24, 2.45) is 0 Å². The Bertz CT molecular complexity index is 209. The molecule has 1 aromatic heterocycles. The van der Waals surface area contributed by atoms with Crippen LogP contribution in [-0.2, 0) is 26.6 Å². The normalized spacial score (nSPS) is 7.80. The Morgan fingerprint density at radius 3 is 2.30 bits per heavy atom. The third-order valence-corrected chi connectivity index (χ3v) is 1.74. The zero-order chi connectivity index (χ0) is 7.98. The molecule has 57 valence electrons. The van der Waals surface area contributed by atoms with Crippen LogP contribution in [0.4, 0.5) is 0 Å². The standard InChI is InChI=1S/C6H5OS.O.Rh/c1-5-2-3-6(4-7)8-5;;/h2-3H,1H3;;/q-1;;. The molecule has 0 N–H and O–H groups in total. The average Bonchev–Trinajstić information content (AvgIpc) is 2.40. The molecule has 0 aliphatic carbocycles. The van der Waals surface area contributed by atoms with Crippen LogP contribution in [0.1, 0.15) is 9.75 Å². The summed E-state index contributed by atoms with van der Waals surface area (Å²) in [5.74, 6) is 0. The molecule has 0 aliphatic rings. The quantitative estimate of drug-likeness (QED) is 0.552. The second-order valence-electron chi connectivity index (χ2n) is 1.51. The van der Waals surface area contributed by atoms with Crippen molar-refractivity contribution in [1.29, 1.82) is 0 Å². The van der Waals surface area contributed by atoms with Crippen LogP contribution < -0.4 is 0 Å². The Labute approximate surface area is 73.2 Å². The number of aryl methyl sites for hydroxylation is 1. The third kappa shape index (κ3) is 3.09. The van der Waals surface area contributed by atoms with Gasteiger partial charge in [0.2, 0.25) is 0 Å². The van der Waals surface area contributed by atoms with E-state index in [2.05, 4.69) is 0 Å². The van der Waals surface area contributed by atoms with Crippen LogP contribution in [0.3, 0.4) is 0 Å². The van der Waals surface area contributed by atoms with Crippen LogP contribution in [0.5, 0.6) is 0 Å². The molecule has 1 aromatic rings. The molecule has 2 nitrogen and oxygen atoms in total. The molecule has 0 saturated heterocycles. The fourth-order valence-electron chi connectivity index (χ4n) is 0.489. The second-order valence-corrected chi connectivity index (χ2v) is 2.80. The average molecular weight is 244 g/mol. The van der Waals surface area contributed by atoms with Crippen LogP contribution in [-0.4, -0.2) is 6.29 Å². The first-order valence-electron chi connectivity index (χ1n) is 2.41. The van der Waals surface area contributed by atoms with Crippen molar-refractivity contribution in [3.63, 3.8) is 0 Å². The summed E-state index contributed by atoms with van der Waals surface area (Å²) in [6.45, 7) is 1.96. The number of hydrogen-bond donors (Lipinski definition) is 0. The van der Waals surface area contributed by atoms with Gasteiger partial charge in [0.15, 0.2) is 0 Å². The van der Waals surface area contributed by atoms with Crippen LogP contribution in [0.25, 0.3) is 0 Å². The summed E-state index contributed by atoms with van der Waals surface area (Å²) in [5.41, 5.74) is 0. The zero-order valence-corrected chi connectivity index (χ0v) is 7.67. The molecule has 0 bridgehead atoms. The van der Waals surface area contributed by atoms with E-state index in [1.54, 1.807) is 6.07 Å². The van der Waals surface area contributed by atoms with E-state index in [-0.39, 0.29) is 0 Å². The second kappa shape index (κ2) is 5.57. The molecule has 0 radical (unpaired) electrons. The molecule has 0 spiro atoms. The number of rotatable bonds is 1. The van der Waals surface area contributed by atoms with Gasteiger partial charge >= 0.3 is 21.8 Å². The summed E-state index contributed by atoms with van der Waals surface area (Å²) in [6.07, 6.45) is 1.82. The van der Waals surface area contributed by atoms with Crippen molar-refractivity contribution in [1.82, 2.24) is 0 Å². The van der Waals surface area contributed by atoms with Gasteiger partial charge in [-0.2, -0.15) is 17.4 Å². The van der Waals surface area contributed by atoms with Crippen LogP contribution in [0.2, 0.25) is 0 Å². The fraction of sp³-hybridized carbons (Fsp3) is 0.167. The summed E-state index contributed by atoms with van der Waals surface area (Å²) in [6, 6.07) is 3.68. The van der Waals surface area contributed by atoms with E-state index in [1.165, 1.54) is 29.6 Å². The van der Waals surface area contributed by atoms with Gasteiger partial charge in [-0.1, -0.05) is 0 Å². The third-order valence-electron chi connectivity index (χ3n) is 0.841. The van der Waals surface area contributed by atoms with Gasteiger partial charge in [0.05, 0.1) is 0 Å². The predicted molar refractivity (Wildman–Crippen MR) is 34.5 cm³/mol. The first-order chi connectivity index (χ1) is 4.83. The van der Waals surface area contributed by atoms with Crippen LogP contribution >= 0.6 is 11.3 Å². The van der Waals surface area contributed by atoms with E-state index < -0.39 is 0 Å². The Kier molecular flexibility index (Phi) is 5.45. The Hall–Kier alpha value is -0.207. The van der Waals surface area contributed by atoms with Crippen molar-refractivity contribution in [3.05, 3.63) is 21.9 Å².